The summed E-state index contributed by atoms with van der Waals surface area (Å²) in [5.74, 6) is 0.947. The van der Waals surface area contributed by atoms with Crippen LogP contribution in [-0.4, -0.2) is 41.2 Å². The first-order chi connectivity index (χ1) is 7.91. The van der Waals surface area contributed by atoms with Gasteiger partial charge >= 0.3 is 0 Å². The first kappa shape index (κ1) is 12.9. The van der Waals surface area contributed by atoms with Crippen LogP contribution in [0.15, 0.2) is 11.2 Å². The minimum Gasteiger partial charge on any atom is -0.332 e. The monoisotopic (exact) mass is 277 g/mol. The number of halogens is 1. The van der Waals surface area contributed by atoms with Crippen molar-refractivity contribution in [2.45, 2.75) is 30.7 Å². The molecular formula is C10H16ClN3O2S. The quantitative estimate of drug-likeness (QED) is 0.830. The number of aryl methyl sites for hydroxylation is 1. The number of piperidine rings is 1. The first-order valence-electron chi connectivity index (χ1n) is 5.57. The highest BCUT2D eigenvalue weighted by Crippen LogP contribution is 2.25. The summed E-state index contributed by atoms with van der Waals surface area (Å²) in [4.78, 5) is 6.67. The summed E-state index contributed by atoms with van der Waals surface area (Å²) < 4.78 is 25.9. The molecule has 0 amide bonds. The number of hydrogen-bond donors (Lipinski definition) is 1. The number of sulfonamides is 1. The van der Waals surface area contributed by atoms with Gasteiger partial charge in [0.15, 0.2) is 5.03 Å². The van der Waals surface area contributed by atoms with E-state index in [1.54, 1.807) is 6.92 Å². The Morgan fingerprint density at radius 2 is 2.29 bits per heavy atom. The third kappa shape index (κ3) is 2.48. The van der Waals surface area contributed by atoms with Gasteiger partial charge in [-0.05, 0) is 19.3 Å². The predicted molar refractivity (Wildman–Crippen MR) is 65.5 cm³/mol. The van der Waals surface area contributed by atoms with E-state index in [2.05, 4.69) is 9.97 Å². The van der Waals surface area contributed by atoms with Gasteiger partial charge in [0.25, 0.3) is 10.0 Å². The summed E-state index contributed by atoms with van der Waals surface area (Å²) in [5.41, 5.74) is 0. The van der Waals surface area contributed by atoms with Crippen molar-refractivity contribution >= 4 is 21.6 Å². The number of imidazole rings is 1. The zero-order chi connectivity index (χ0) is 12.6. The number of alkyl halides is 1. The van der Waals surface area contributed by atoms with Gasteiger partial charge in [-0.3, -0.25) is 0 Å². The van der Waals surface area contributed by atoms with Crippen molar-refractivity contribution in [3.8, 4) is 0 Å². The molecule has 0 bridgehead atoms. The molecular weight excluding hydrogens is 262 g/mol. The third-order valence-corrected chi connectivity index (χ3v) is 5.47. The van der Waals surface area contributed by atoms with Crippen LogP contribution in [0.5, 0.6) is 0 Å². The van der Waals surface area contributed by atoms with Crippen LogP contribution in [0.1, 0.15) is 19.2 Å². The highest BCUT2D eigenvalue weighted by atomic mass is 35.5. The van der Waals surface area contributed by atoms with Crippen molar-refractivity contribution in [2.75, 3.05) is 13.1 Å². The van der Waals surface area contributed by atoms with E-state index >= 15 is 0 Å². The van der Waals surface area contributed by atoms with Crippen LogP contribution < -0.4 is 0 Å². The second-order valence-electron chi connectivity index (χ2n) is 4.48. The van der Waals surface area contributed by atoms with Crippen LogP contribution in [0.4, 0.5) is 0 Å². The highest BCUT2D eigenvalue weighted by molar-refractivity contribution is 7.89. The van der Waals surface area contributed by atoms with Crippen LogP contribution in [-0.2, 0) is 10.0 Å². The van der Waals surface area contributed by atoms with Crippen LogP contribution in [0, 0.1) is 12.8 Å². The Morgan fingerprint density at radius 1 is 1.59 bits per heavy atom. The van der Waals surface area contributed by atoms with Gasteiger partial charge in [-0.15, -0.1) is 11.6 Å². The molecule has 1 aliphatic heterocycles. The predicted octanol–water partition coefficient (Wildman–Crippen LogP) is 1.36. The van der Waals surface area contributed by atoms with Crippen molar-refractivity contribution in [3.05, 3.63) is 12.0 Å². The Labute approximate surface area is 106 Å². The van der Waals surface area contributed by atoms with Crippen molar-refractivity contribution < 1.29 is 8.42 Å². The van der Waals surface area contributed by atoms with E-state index in [-0.39, 0.29) is 10.4 Å². The van der Waals surface area contributed by atoms with Gasteiger partial charge in [-0.2, -0.15) is 4.31 Å². The van der Waals surface area contributed by atoms with E-state index < -0.39 is 10.0 Å². The number of rotatable bonds is 2. The number of aromatic nitrogens is 2. The van der Waals surface area contributed by atoms with Gasteiger partial charge < -0.3 is 4.98 Å². The Balaban J connectivity index is 2.22. The average Bonchev–Trinajstić information content (AvgIpc) is 2.69. The molecule has 0 saturated carbocycles. The molecule has 96 valence electrons. The van der Waals surface area contributed by atoms with Gasteiger partial charge in [0, 0.05) is 18.5 Å². The molecule has 1 aliphatic rings. The molecule has 0 radical (unpaired) electrons. The zero-order valence-corrected chi connectivity index (χ0v) is 11.4. The van der Waals surface area contributed by atoms with Crippen molar-refractivity contribution in [2.24, 2.45) is 5.92 Å². The van der Waals surface area contributed by atoms with Gasteiger partial charge in [-0.1, -0.05) is 6.92 Å². The van der Waals surface area contributed by atoms with E-state index in [4.69, 9.17) is 11.6 Å². The fraction of sp³-hybridized carbons (Fsp3) is 0.700. The standard InChI is InChI=1S/C10H16ClN3O2S/c1-7-3-4-14(6-9(7)11)17(15,16)10-5-12-8(2)13-10/h5,7,9H,3-4,6H2,1-2H3,(H,12,13). The van der Waals surface area contributed by atoms with Gasteiger partial charge in [0.05, 0.1) is 6.20 Å². The van der Waals surface area contributed by atoms with Gasteiger partial charge in [0.2, 0.25) is 0 Å². The lowest BCUT2D eigenvalue weighted by atomic mass is 10.0. The molecule has 0 aliphatic carbocycles. The second kappa shape index (κ2) is 4.59. The van der Waals surface area contributed by atoms with E-state index in [1.165, 1.54) is 10.5 Å². The maximum absolute atomic E-state index is 12.2. The lowest BCUT2D eigenvalue weighted by molar-refractivity contribution is 0.292. The number of nitrogens with one attached hydrogen (secondary N) is 1. The summed E-state index contributed by atoms with van der Waals surface area (Å²) in [6.07, 6.45) is 2.15. The molecule has 1 aromatic rings. The lowest BCUT2D eigenvalue weighted by Crippen LogP contribution is -2.43. The molecule has 1 aromatic heterocycles. The summed E-state index contributed by atoms with van der Waals surface area (Å²) in [5, 5.41) is 0.0240. The Bertz CT molecular complexity index is 499. The van der Waals surface area contributed by atoms with E-state index in [0.717, 1.165) is 6.42 Å². The average molecular weight is 278 g/mol. The Hall–Kier alpha value is -0.590. The molecule has 0 aromatic carbocycles. The molecule has 1 N–H and O–H groups in total. The smallest absolute Gasteiger partial charge is 0.260 e. The molecule has 5 nitrogen and oxygen atoms in total. The summed E-state index contributed by atoms with van der Waals surface area (Å²) in [6, 6.07) is 0. The number of nitrogens with zero attached hydrogens (tertiary/aromatic N) is 2. The highest BCUT2D eigenvalue weighted by Gasteiger charge is 2.33. The van der Waals surface area contributed by atoms with Crippen molar-refractivity contribution in [1.29, 1.82) is 0 Å². The van der Waals surface area contributed by atoms with Crippen molar-refractivity contribution in [1.82, 2.24) is 14.3 Å². The van der Waals surface area contributed by atoms with Gasteiger partial charge in [0.1, 0.15) is 5.82 Å². The SMILES string of the molecule is Cc1ncc(S(=O)(=O)N2CCC(C)C(Cl)C2)[nH]1. The van der Waals surface area contributed by atoms with E-state index in [9.17, 15) is 8.42 Å². The maximum Gasteiger partial charge on any atom is 0.260 e. The van der Waals surface area contributed by atoms with Crippen LogP contribution >= 0.6 is 11.6 Å². The molecule has 2 heterocycles. The molecule has 7 heteroatoms. The number of H-pyrrole nitrogens is 1. The Kier molecular flexibility index (Phi) is 3.47. The minimum absolute atomic E-state index is 0.123. The largest absolute Gasteiger partial charge is 0.332 e. The molecule has 1 fully saturated rings. The normalized spacial score (nSPS) is 27.2. The second-order valence-corrected chi connectivity index (χ2v) is 6.94. The number of aromatic amines is 1. The summed E-state index contributed by atoms with van der Waals surface area (Å²) >= 11 is 6.13. The summed E-state index contributed by atoms with van der Waals surface area (Å²) in [6.45, 7) is 4.65. The molecule has 2 rings (SSSR count). The fourth-order valence-electron chi connectivity index (χ4n) is 1.88. The van der Waals surface area contributed by atoms with Crippen LogP contribution in [0.3, 0.4) is 0 Å². The first-order valence-corrected chi connectivity index (χ1v) is 7.44. The Morgan fingerprint density at radius 3 is 2.82 bits per heavy atom. The van der Waals surface area contributed by atoms with Crippen LogP contribution in [0.2, 0.25) is 0 Å². The molecule has 17 heavy (non-hydrogen) atoms. The zero-order valence-electron chi connectivity index (χ0n) is 9.85. The maximum atomic E-state index is 12.2. The molecule has 1 saturated heterocycles. The van der Waals surface area contributed by atoms with Gasteiger partial charge in [-0.25, -0.2) is 13.4 Å². The summed E-state index contributed by atoms with van der Waals surface area (Å²) in [7, 11) is -3.47. The third-order valence-electron chi connectivity index (χ3n) is 3.13. The van der Waals surface area contributed by atoms with Crippen molar-refractivity contribution in [3.63, 3.8) is 0 Å². The fourth-order valence-corrected chi connectivity index (χ4v) is 3.70. The minimum atomic E-state index is -3.47. The molecule has 0 spiro atoms. The van der Waals surface area contributed by atoms with E-state index in [0.29, 0.717) is 24.8 Å². The molecule has 2 unspecified atom stereocenters. The number of hydrogen-bond acceptors (Lipinski definition) is 3. The van der Waals surface area contributed by atoms with Crippen LogP contribution in [0.25, 0.3) is 0 Å². The lowest BCUT2D eigenvalue weighted by Gasteiger charge is -2.32. The molecule has 2 atom stereocenters. The topological polar surface area (TPSA) is 66.1 Å². The van der Waals surface area contributed by atoms with E-state index in [1.807, 2.05) is 6.92 Å².